The van der Waals surface area contributed by atoms with Crippen molar-refractivity contribution in [1.82, 2.24) is 20.0 Å². The van der Waals surface area contributed by atoms with Gasteiger partial charge in [0, 0.05) is 52.0 Å². The fourth-order valence-corrected chi connectivity index (χ4v) is 4.70. The number of piperazine rings is 1. The SMILES string of the molecule is CCOC(=O)C1=C(CN2CCN(Cc3ccccc3)CC2)N(C)C(=O)N[C@H]1c1ccccc1C. The lowest BCUT2D eigenvalue weighted by Crippen LogP contribution is -2.52. The molecule has 0 spiro atoms. The molecular formula is C27H34N4O3. The minimum atomic E-state index is -0.529. The first kappa shape index (κ1) is 24.0. The van der Waals surface area contributed by atoms with E-state index in [4.69, 9.17) is 4.74 Å². The molecule has 2 aromatic carbocycles. The molecular weight excluding hydrogens is 428 g/mol. The summed E-state index contributed by atoms with van der Waals surface area (Å²) in [7, 11) is 1.73. The van der Waals surface area contributed by atoms with Crippen LogP contribution in [0.1, 0.15) is 29.7 Å². The van der Waals surface area contributed by atoms with Gasteiger partial charge < -0.3 is 10.1 Å². The van der Waals surface area contributed by atoms with Crippen molar-refractivity contribution in [3.8, 4) is 0 Å². The zero-order valence-corrected chi connectivity index (χ0v) is 20.3. The highest BCUT2D eigenvalue weighted by Gasteiger charge is 2.38. The van der Waals surface area contributed by atoms with Crippen LogP contribution in [0.3, 0.4) is 0 Å². The molecule has 7 nitrogen and oxygen atoms in total. The standard InChI is InChI=1S/C27H34N4O3/c1-4-34-26(32)24-23(29(3)27(33)28-25(24)22-13-9-8-10-20(22)2)19-31-16-14-30(15-17-31)18-21-11-6-5-7-12-21/h5-13,25H,4,14-19H2,1-3H3,(H,28,33)/t25-/m0/s1. The van der Waals surface area contributed by atoms with Gasteiger partial charge >= 0.3 is 12.0 Å². The molecule has 1 fully saturated rings. The summed E-state index contributed by atoms with van der Waals surface area (Å²) in [6.45, 7) is 9.16. The molecule has 2 aliphatic heterocycles. The van der Waals surface area contributed by atoms with Crippen molar-refractivity contribution in [1.29, 1.82) is 0 Å². The number of benzene rings is 2. The Morgan fingerprint density at radius 2 is 1.59 bits per heavy atom. The van der Waals surface area contributed by atoms with E-state index in [1.54, 1.807) is 18.9 Å². The number of carbonyl (C=O) groups excluding carboxylic acids is 2. The minimum Gasteiger partial charge on any atom is -0.463 e. The highest BCUT2D eigenvalue weighted by molar-refractivity contribution is 5.95. The molecule has 2 aromatic rings. The molecule has 34 heavy (non-hydrogen) atoms. The number of likely N-dealkylation sites (N-methyl/N-ethyl adjacent to an activating group) is 1. The second-order valence-corrected chi connectivity index (χ2v) is 8.92. The Bertz CT molecular complexity index is 1040. The predicted octanol–water partition coefficient (Wildman–Crippen LogP) is 3.33. The smallest absolute Gasteiger partial charge is 0.338 e. The molecule has 0 unspecified atom stereocenters. The van der Waals surface area contributed by atoms with Gasteiger partial charge in [0.25, 0.3) is 0 Å². The maximum atomic E-state index is 13.2. The maximum absolute atomic E-state index is 13.2. The van der Waals surface area contributed by atoms with E-state index in [-0.39, 0.29) is 18.6 Å². The molecule has 0 saturated carbocycles. The Balaban J connectivity index is 1.56. The first-order chi connectivity index (χ1) is 16.5. The molecule has 7 heteroatoms. The number of hydrogen-bond donors (Lipinski definition) is 1. The topological polar surface area (TPSA) is 65.1 Å². The molecule has 2 heterocycles. The van der Waals surface area contributed by atoms with Crippen LogP contribution in [0.2, 0.25) is 0 Å². The number of hydrogen-bond acceptors (Lipinski definition) is 5. The van der Waals surface area contributed by atoms with Crippen molar-refractivity contribution >= 4 is 12.0 Å². The predicted molar refractivity (Wildman–Crippen MR) is 132 cm³/mol. The van der Waals surface area contributed by atoms with Gasteiger partial charge in [-0.1, -0.05) is 54.6 Å². The summed E-state index contributed by atoms with van der Waals surface area (Å²) in [5.74, 6) is -0.375. The van der Waals surface area contributed by atoms with Crippen LogP contribution < -0.4 is 5.32 Å². The van der Waals surface area contributed by atoms with E-state index in [1.807, 2.05) is 37.3 Å². The van der Waals surface area contributed by atoms with Crippen LogP contribution >= 0.6 is 0 Å². The number of urea groups is 1. The van der Waals surface area contributed by atoms with E-state index in [0.717, 1.165) is 43.9 Å². The first-order valence-corrected chi connectivity index (χ1v) is 12.0. The number of carbonyl (C=O) groups is 2. The number of amides is 2. The van der Waals surface area contributed by atoms with Crippen LogP contribution in [0.15, 0.2) is 65.9 Å². The van der Waals surface area contributed by atoms with Gasteiger partial charge in [0.1, 0.15) is 0 Å². The third-order valence-corrected chi connectivity index (χ3v) is 6.66. The largest absolute Gasteiger partial charge is 0.463 e. The number of nitrogens with one attached hydrogen (secondary N) is 1. The van der Waals surface area contributed by atoms with Gasteiger partial charge in [0.05, 0.1) is 18.2 Å². The van der Waals surface area contributed by atoms with Crippen molar-refractivity contribution in [2.75, 3.05) is 46.4 Å². The van der Waals surface area contributed by atoms with Crippen LogP contribution in [0.25, 0.3) is 0 Å². The van der Waals surface area contributed by atoms with Gasteiger partial charge in [-0.15, -0.1) is 0 Å². The van der Waals surface area contributed by atoms with Gasteiger partial charge in [-0.05, 0) is 30.5 Å². The zero-order chi connectivity index (χ0) is 24.1. The first-order valence-electron chi connectivity index (χ1n) is 12.0. The zero-order valence-electron chi connectivity index (χ0n) is 20.3. The molecule has 0 bridgehead atoms. The summed E-state index contributed by atoms with van der Waals surface area (Å²) in [6, 6.07) is 17.6. The van der Waals surface area contributed by atoms with Crippen LogP contribution in [0.5, 0.6) is 0 Å². The third kappa shape index (κ3) is 5.32. The monoisotopic (exact) mass is 462 g/mol. The van der Waals surface area contributed by atoms with Crippen molar-refractivity contribution in [3.63, 3.8) is 0 Å². The Labute approximate surface area is 202 Å². The Morgan fingerprint density at radius 1 is 0.971 bits per heavy atom. The quantitative estimate of drug-likeness (QED) is 0.640. The Hall–Kier alpha value is -3.16. The summed E-state index contributed by atoms with van der Waals surface area (Å²) >= 11 is 0. The maximum Gasteiger partial charge on any atom is 0.338 e. The van der Waals surface area contributed by atoms with Gasteiger partial charge in [-0.3, -0.25) is 14.7 Å². The number of rotatable bonds is 7. The molecule has 180 valence electrons. The Kier molecular flexibility index (Phi) is 7.65. The van der Waals surface area contributed by atoms with E-state index in [2.05, 4.69) is 39.4 Å². The van der Waals surface area contributed by atoms with Gasteiger partial charge in [0.2, 0.25) is 0 Å². The fourth-order valence-electron chi connectivity index (χ4n) is 4.70. The molecule has 2 amide bonds. The van der Waals surface area contributed by atoms with Gasteiger partial charge in [0.15, 0.2) is 0 Å². The van der Waals surface area contributed by atoms with E-state index < -0.39 is 6.04 Å². The summed E-state index contributed by atoms with van der Waals surface area (Å²) in [5.41, 5.74) is 4.48. The summed E-state index contributed by atoms with van der Waals surface area (Å²) < 4.78 is 5.46. The van der Waals surface area contributed by atoms with E-state index in [9.17, 15) is 9.59 Å². The van der Waals surface area contributed by atoms with Gasteiger partial charge in [-0.25, -0.2) is 9.59 Å². The number of nitrogens with zero attached hydrogens (tertiary/aromatic N) is 3. The number of aryl methyl sites for hydroxylation is 1. The lowest BCUT2D eigenvalue weighted by atomic mass is 9.91. The van der Waals surface area contributed by atoms with Crippen LogP contribution in [-0.4, -0.2) is 73.1 Å². The van der Waals surface area contributed by atoms with Crippen molar-refractivity contribution in [3.05, 3.63) is 82.6 Å². The van der Waals surface area contributed by atoms with Crippen molar-refractivity contribution < 1.29 is 14.3 Å². The summed E-state index contributed by atoms with van der Waals surface area (Å²) in [4.78, 5) is 32.4. The highest BCUT2D eigenvalue weighted by atomic mass is 16.5. The van der Waals surface area contributed by atoms with Crippen LogP contribution in [0.4, 0.5) is 4.79 Å². The highest BCUT2D eigenvalue weighted by Crippen LogP contribution is 2.33. The molecule has 4 rings (SSSR count). The lowest BCUT2D eigenvalue weighted by molar-refractivity contribution is -0.139. The molecule has 0 aromatic heterocycles. The molecule has 1 N–H and O–H groups in total. The van der Waals surface area contributed by atoms with Crippen LogP contribution in [0, 0.1) is 6.92 Å². The number of esters is 1. The summed E-state index contributed by atoms with van der Waals surface area (Å²) in [5, 5.41) is 3.02. The lowest BCUT2D eigenvalue weighted by Gasteiger charge is -2.39. The third-order valence-electron chi connectivity index (χ3n) is 6.66. The van der Waals surface area contributed by atoms with Gasteiger partial charge in [-0.2, -0.15) is 0 Å². The van der Waals surface area contributed by atoms with Crippen LogP contribution in [-0.2, 0) is 16.1 Å². The molecule has 1 saturated heterocycles. The molecule has 0 aliphatic carbocycles. The molecule has 2 aliphatic rings. The average Bonchev–Trinajstić information content (AvgIpc) is 2.84. The van der Waals surface area contributed by atoms with E-state index >= 15 is 0 Å². The fraction of sp³-hybridized carbons (Fsp3) is 0.407. The molecule has 0 radical (unpaired) electrons. The second-order valence-electron chi connectivity index (χ2n) is 8.92. The molecule has 1 atom stereocenters. The Morgan fingerprint density at radius 3 is 2.24 bits per heavy atom. The van der Waals surface area contributed by atoms with E-state index in [0.29, 0.717) is 17.8 Å². The second kappa shape index (κ2) is 10.8. The van der Waals surface area contributed by atoms with E-state index in [1.165, 1.54) is 5.56 Å². The number of ether oxygens (including phenoxy) is 1. The normalized spacial score (nSPS) is 19.8. The summed E-state index contributed by atoms with van der Waals surface area (Å²) in [6.07, 6.45) is 0. The van der Waals surface area contributed by atoms with Crippen molar-refractivity contribution in [2.24, 2.45) is 0 Å². The minimum absolute atomic E-state index is 0.209. The van der Waals surface area contributed by atoms with Crippen molar-refractivity contribution in [2.45, 2.75) is 26.4 Å². The average molecular weight is 463 g/mol.